The van der Waals surface area contributed by atoms with E-state index in [1.54, 1.807) is 11.0 Å². The molecule has 4 aromatic rings. The van der Waals surface area contributed by atoms with E-state index in [2.05, 4.69) is 20.9 Å². The normalized spacial score (nSPS) is 33.8. The van der Waals surface area contributed by atoms with Crippen molar-refractivity contribution in [3.63, 3.8) is 0 Å². The zero-order valence-corrected chi connectivity index (χ0v) is 25.1. The van der Waals surface area contributed by atoms with Crippen LogP contribution in [0.15, 0.2) is 30.5 Å². The first-order valence-electron chi connectivity index (χ1n) is 17.6. The Balaban J connectivity index is 1.22. The van der Waals surface area contributed by atoms with Gasteiger partial charge in [-0.3, -0.25) is 9.88 Å². The molecule has 0 unspecified atom stereocenters. The number of nitrogens with two attached hydrogens (primary N) is 1. The van der Waals surface area contributed by atoms with Gasteiger partial charge in [0.15, 0.2) is 5.82 Å². The second-order valence-electron chi connectivity index (χ2n) is 13.3. The van der Waals surface area contributed by atoms with Crippen LogP contribution in [0.3, 0.4) is 0 Å². The number of fused-ring (bicyclic) bond motifs is 4. The Hall–Kier alpha value is -4.21. The monoisotopic (exact) mass is 648 g/mol. The van der Waals surface area contributed by atoms with Gasteiger partial charge in [-0.25, -0.2) is 17.6 Å². The average molecular weight is 649 g/mol. The zero-order valence-electron chi connectivity index (χ0n) is 29.1. The number of hydrogen-bond acceptors (Lipinski definition) is 8. The summed E-state index contributed by atoms with van der Waals surface area (Å²) in [6, 6.07) is 4.41. The SMILES string of the molecule is [2H]C1([2H])CC[C@@]2(C([2H])([2H])Oc3nc(N4CCOC[C@H]5[C@H](F)[C@H]54)c4cnc(-c5cc(N)cc6ccc(F)c(C#C)c56)c(F)c4n3)C[C@@]3(C[C@H]3F)CN12. The Bertz CT molecular complexity index is 2210. The Kier molecular flexibility index (Phi) is 5.37. The molecule has 0 amide bonds. The molecule has 2 aromatic heterocycles. The molecule has 0 radical (unpaired) electrons. The third kappa shape index (κ3) is 4.32. The summed E-state index contributed by atoms with van der Waals surface area (Å²) >= 11 is 0. The molecule has 8 nitrogen and oxygen atoms in total. The predicted molar refractivity (Wildman–Crippen MR) is 168 cm³/mol. The number of pyridine rings is 1. The van der Waals surface area contributed by atoms with Crippen molar-refractivity contribution in [2.45, 2.75) is 49.6 Å². The molecule has 5 fully saturated rings. The second kappa shape index (κ2) is 10.1. The second-order valence-corrected chi connectivity index (χ2v) is 13.3. The number of nitrogen functional groups attached to an aromatic ring is 1. The lowest BCUT2D eigenvalue weighted by atomic mass is 9.89. The number of benzene rings is 2. The lowest BCUT2D eigenvalue weighted by molar-refractivity contribution is 0.107. The molecule has 1 spiro atoms. The number of rotatable bonds is 5. The first-order valence-corrected chi connectivity index (χ1v) is 15.6. The minimum atomic E-state index is -2.67. The van der Waals surface area contributed by atoms with E-state index < -0.39 is 66.0 Å². The fourth-order valence-corrected chi connectivity index (χ4v) is 7.91. The van der Waals surface area contributed by atoms with Crippen molar-refractivity contribution >= 4 is 33.2 Å². The zero-order chi connectivity index (χ0) is 35.8. The van der Waals surface area contributed by atoms with Crippen LogP contribution in [0.1, 0.15) is 36.7 Å². The van der Waals surface area contributed by atoms with Gasteiger partial charge in [-0.05, 0) is 55.8 Å². The standard InChI is InChI=1S/C35H32F4N6O2/c1-2-20-24(36)5-4-18-10-19(40)11-21(26(18)20)29-28(39)30-22(13-41-29)32(45-8-9-46-14-23-27(38)31(23)45)43-33(42-30)47-17-35-6-3-7-44(35)16-34(15-35)12-25(34)37/h1,4-5,10-11,13,23,25,27,31H,3,6-9,12,14-17,40H2/t23-,25+,27-,31-,34-,35-/m0/s1/i7D2,17D2. The van der Waals surface area contributed by atoms with Crippen molar-refractivity contribution in [3.05, 3.63) is 47.7 Å². The van der Waals surface area contributed by atoms with Gasteiger partial charge in [-0.1, -0.05) is 12.0 Å². The van der Waals surface area contributed by atoms with E-state index >= 15 is 8.78 Å². The highest BCUT2D eigenvalue weighted by Gasteiger charge is 2.67. The molecule has 2 aliphatic carbocycles. The Morgan fingerprint density at radius 1 is 1.26 bits per heavy atom. The molecule has 9 rings (SSSR count). The first-order chi connectivity index (χ1) is 24.2. The van der Waals surface area contributed by atoms with Crippen molar-refractivity contribution < 1.29 is 32.5 Å². The molecule has 47 heavy (non-hydrogen) atoms. The molecule has 2 aromatic carbocycles. The van der Waals surface area contributed by atoms with E-state index in [0.717, 1.165) is 0 Å². The lowest BCUT2D eigenvalue weighted by Gasteiger charge is -2.31. The van der Waals surface area contributed by atoms with Crippen LogP contribution >= 0.6 is 0 Å². The molecule has 5 heterocycles. The summed E-state index contributed by atoms with van der Waals surface area (Å²) in [5, 5.41) is 0.720. The predicted octanol–water partition coefficient (Wildman–Crippen LogP) is 5.21. The van der Waals surface area contributed by atoms with Crippen LogP contribution in [-0.2, 0) is 4.74 Å². The molecule has 2 N–H and O–H groups in total. The van der Waals surface area contributed by atoms with Gasteiger partial charge in [0, 0.05) is 50.0 Å². The number of nitrogens with zero attached hydrogens (tertiary/aromatic N) is 5. The van der Waals surface area contributed by atoms with Crippen LogP contribution in [-0.4, -0.2) is 83.1 Å². The number of terminal acetylenes is 1. The van der Waals surface area contributed by atoms with E-state index in [1.807, 2.05) is 0 Å². The molecule has 3 aliphatic heterocycles. The van der Waals surface area contributed by atoms with Gasteiger partial charge in [-0.2, -0.15) is 9.97 Å². The minimum Gasteiger partial charge on any atom is -0.461 e. The third-order valence-corrected chi connectivity index (χ3v) is 10.5. The molecule has 2 saturated carbocycles. The van der Waals surface area contributed by atoms with Gasteiger partial charge >= 0.3 is 6.01 Å². The Labute approximate surface area is 273 Å². The number of alkyl halides is 2. The van der Waals surface area contributed by atoms with Gasteiger partial charge in [0.05, 0.1) is 38.5 Å². The van der Waals surface area contributed by atoms with Crippen molar-refractivity contribution in [3.8, 4) is 29.6 Å². The molecule has 0 bridgehead atoms. The third-order valence-electron chi connectivity index (χ3n) is 10.5. The van der Waals surface area contributed by atoms with Crippen molar-refractivity contribution in [1.82, 2.24) is 19.9 Å². The number of halogens is 4. The highest BCUT2D eigenvalue weighted by molar-refractivity contribution is 6.03. The largest absolute Gasteiger partial charge is 0.461 e. The van der Waals surface area contributed by atoms with E-state index in [1.165, 1.54) is 29.3 Å². The molecular formula is C35H32F4N6O2. The highest BCUT2D eigenvalue weighted by Crippen LogP contribution is 2.62. The van der Waals surface area contributed by atoms with Crippen LogP contribution in [0.25, 0.3) is 32.9 Å². The maximum Gasteiger partial charge on any atom is 0.319 e. The van der Waals surface area contributed by atoms with E-state index in [9.17, 15) is 11.5 Å². The summed E-state index contributed by atoms with van der Waals surface area (Å²) in [4.78, 5) is 16.3. The molecule has 3 saturated heterocycles. The van der Waals surface area contributed by atoms with E-state index in [4.69, 9.17) is 24.4 Å². The fraction of sp³-hybridized carbons (Fsp3) is 0.457. The topological polar surface area (TPSA) is 89.6 Å². The summed E-state index contributed by atoms with van der Waals surface area (Å²) in [5.74, 6) is 0.218. The highest BCUT2D eigenvalue weighted by atomic mass is 19.1. The van der Waals surface area contributed by atoms with Gasteiger partial charge in [0.25, 0.3) is 0 Å². The number of hydrogen-bond donors (Lipinski definition) is 1. The number of aromatic nitrogens is 3. The first kappa shape index (κ1) is 24.9. The maximum atomic E-state index is 17.0. The van der Waals surface area contributed by atoms with Crippen molar-refractivity contribution in [2.75, 3.05) is 50.0 Å². The summed E-state index contributed by atoms with van der Waals surface area (Å²) in [7, 11) is 0. The average Bonchev–Trinajstić information content (AvgIpc) is 3.85. The van der Waals surface area contributed by atoms with Gasteiger partial charge < -0.3 is 20.1 Å². The van der Waals surface area contributed by atoms with E-state index in [0.29, 0.717) is 5.39 Å². The van der Waals surface area contributed by atoms with Crippen LogP contribution in [0.2, 0.25) is 0 Å². The lowest BCUT2D eigenvalue weighted by Crippen LogP contribution is -2.43. The molecular weight excluding hydrogens is 612 g/mol. The number of anilines is 2. The summed E-state index contributed by atoms with van der Waals surface area (Å²) < 4.78 is 109. The van der Waals surface area contributed by atoms with Gasteiger partial charge in [0.1, 0.15) is 41.7 Å². The molecule has 12 heteroatoms. The summed E-state index contributed by atoms with van der Waals surface area (Å²) in [6.45, 7) is -3.98. The van der Waals surface area contributed by atoms with E-state index in [-0.39, 0.29) is 96.6 Å². The van der Waals surface area contributed by atoms with Gasteiger partial charge in [-0.15, -0.1) is 6.42 Å². The fourth-order valence-electron chi connectivity index (χ4n) is 7.91. The maximum absolute atomic E-state index is 17.0. The summed E-state index contributed by atoms with van der Waals surface area (Å²) in [5.41, 5.74) is 3.32. The van der Waals surface area contributed by atoms with Crippen LogP contribution < -0.4 is 15.4 Å². The van der Waals surface area contributed by atoms with Crippen LogP contribution in [0.4, 0.5) is 29.1 Å². The molecule has 6 atom stereocenters. The van der Waals surface area contributed by atoms with Crippen molar-refractivity contribution in [1.29, 1.82) is 0 Å². The van der Waals surface area contributed by atoms with Crippen LogP contribution in [0.5, 0.6) is 6.01 Å². The van der Waals surface area contributed by atoms with Crippen molar-refractivity contribution in [2.24, 2.45) is 11.3 Å². The molecule has 242 valence electrons. The van der Waals surface area contributed by atoms with Crippen LogP contribution in [0, 0.1) is 35.3 Å². The van der Waals surface area contributed by atoms with Gasteiger partial charge in [0.2, 0.25) is 0 Å². The molecule has 5 aliphatic rings. The Morgan fingerprint density at radius 3 is 2.91 bits per heavy atom. The number of ether oxygens (including phenoxy) is 2. The smallest absolute Gasteiger partial charge is 0.319 e. The Morgan fingerprint density at radius 2 is 2.11 bits per heavy atom. The minimum absolute atomic E-state index is 0.000472. The summed E-state index contributed by atoms with van der Waals surface area (Å²) in [6.07, 6.45) is 4.80. The quantitative estimate of drug-likeness (QED) is 0.180.